The fourth-order valence-corrected chi connectivity index (χ4v) is 10.6. The Bertz CT molecular complexity index is 3000. The van der Waals surface area contributed by atoms with Crippen LogP contribution in [0, 0.1) is 0 Å². The minimum atomic E-state index is -1.12. The number of Topliss-reactive ketones (excluding diaryl/α,β-unsaturated/α-hetero) is 1. The van der Waals surface area contributed by atoms with Gasteiger partial charge in [0.25, 0.3) is 0 Å². The van der Waals surface area contributed by atoms with Gasteiger partial charge in [-0.25, -0.2) is 0 Å². The molecule has 64 heavy (non-hydrogen) atoms. The number of methoxy groups -OCH3 is 2. The van der Waals surface area contributed by atoms with Gasteiger partial charge in [0, 0.05) is 61.7 Å². The summed E-state index contributed by atoms with van der Waals surface area (Å²) in [6.07, 6.45) is 3.76. The highest BCUT2D eigenvalue weighted by Crippen LogP contribution is 2.59. The van der Waals surface area contributed by atoms with Crippen molar-refractivity contribution >= 4 is 92.3 Å². The number of carbonyl (C=O) groups is 4. The topological polar surface area (TPSA) is 111 Å². The maximum atomic E-state index is 13.9. The molecule has 0 aromatic heterocycles. The van der Waals surface area contributed by atoms with E-state index in [9.17, 15) is 19.2 Å². The van der Waals surface area contributed by atoms with E-state index in [0.717, 1.165) is 27.8 Å². The van der Waals surface area contributed by atoms with E-state index in [0.29, 0.717) is 59.7 Å². The number of benzene rings is 6. The van der Waals surface area contributed by atoms with Gasteiger partial charge < -0.3 is 20.1 Å². The van der Waals surface area contributed by atoms with Gasteiger partial charge in [0.2, 0.25) is 11.8 Å². The van der Waals surface area contributed by atoms with Gasteiger partial charge in [-0.1, -0.05) is 113 Å². The molecule has 0 saturated heterocycles. The Hall–Kier alpha value is -6.16. The van der Waals surface area contributed by atoms with Crippen LogP contribution in [0.1, 0.15) is 58.1 Å². The number of fused-ring (bicyclic) bond motifs is 4. The molecule has 2 aliphatic heterocycles. The van der Waals surface area contributed by atoms with Crippen molar-refractivity contribution < 1.29 is 28.7 Å². The van der Waals surface area contributed by atoms with Crippen molar-refractivity contribution in [2.24, 2.45) is 0 Å². The first-order valence-electron chi connectivity index (χ1n) is 20.4. The van der Waals surface area contributed by atoms with E-state index in [-0.39, 0.29) is 36.2 Å². The highest BCUT2D eigenvalue weighted by molar-refractivity contribution is 6.33. The molecule has 10 rings (SSSR count). The highest BCUT2D eigenvalue weighted by atomic mass is 35.5. The van der Waals surface area contributed by atoms with Gasteiger partial charge in [0.1, 0.15) is 22.3 Å². The summed E-state index contributed by atoms with van der Waals surface area (Å²) >= 11 is 25.0. The molecule has 4 atom stereocenters. The van der Waals surface area contributed by atoms with Crippen LogP contribution in [0.15, 0.2) is 146 Å². The van der Waals surface area contributed by atoms with E-state index in [1.807, 2.05) is 103 Å². The summed E-state index contributed by atoms with van der Waals surface area (Å²) in [6.45, 7) is 0. The molecule has 6 aromatic carbocycles. The summed E-state index contributed by atoms with van der Waals surface area (Å²) in [6, 6.07) is 40.3. The van der Waals surface area contributed by atoms with Crippen molar-refractivity contribution in [2.75, 3.05) is 24.9 Å². The molecule has 12 heteroatoms. The number of nitrogens with one attached hydrogen (secondary N) is 2. The second-order valence-corrected chi connectivity index (χ2v) is 17.8. The molecule has 4 aliphatic rings. The Morgan fingerprint density at radius 2 is 1.08 bits per heavy atom. The number of carbonyl (C=O) groups excluding carboxylic acids is 4. The van der Waals surface area contributed by atoms with Crippen LogP contribution in [0.3, 0.4) is 0 Å². The third-order valence-corrected chi connectivity index (χ3v) is 13.5. The second-order valence-electron chi connectivity index (χ2n) is 16.1. The molecule has 2 aliphatic carbocycles. The summed E-state index contributed by atoms with van der Waals surface area (Å²) in [4.78, 5) is 53.9. The normalized spacial score (nSPS) is 21.8. The van der Waals surface area contributed by atoms with E-state index in [1.165, 1.54) is 0 Å². The number of amides is 2. The van der Waals surface area contributed by atoms with Crippen LogP contribution in [-0.2, 0) is 30.0 Å². The molecule has 0 radical (unpaired) electrons. The molecular formula is C52H38Cl4N2O6. The Morgan fingerprint density at radius 1 is 0.547 bits per heavy atom. The first-order chi connectivity index (χ1) is 30.8. The van der Waals surface area contributed by atoms with Crippen molar-refractivity contribution in [1.82, 2.24) is 0 Å². The smallest absolute Gasteiger partial charge is 0.240 e. The van der Waals surface area contributed by atoms with Crippen molar-refractivity contribution in [2.45, 2.75) is 35.5 Å². The summed E-state index contributed by atoms with van der Waals surface area (Å²) < 4.78 is 10.8. The van der Waals surface area contributed by atoms with E-state index in [2.05, 4.69) is 10.6 Å². The zero-order valence-electron chi connectivity index (χ0n) is 34.4. The number of rotatable bonds is 6. The minimum absolute atomic E-state index is 0.0379. The lowest BCUT2D eigenvalue weighted by atomic mass is 9.58. The molecule has 320 valence electrons. The predicted octanol–water partition coefficient (Wildman–Crippen LogP) is 12.1. The van der Waals surface area contributed by atoms with Gasteiger partial charge in [-0.15, -0.1) is 0 Å². The molecule has 0 bridgehead atoms. The molecule has 8 nitrogen and oxygen atoms in total. The number of halogens is 4. The maximum absolute atomic E-state index is 13.9. The van der Waals surface area contributed by atoms with Gasteiger partial charge in [-0.2, -0.15) is 0 Å². The first-order valence-corrected chi connectivity index (χ1v) is 21.9. The van der Waals surface area contributed by atoms with Crippen molar-refractivity contribution in [3.63, 3.8) is 0 Å². The van der Waals surface area contributed by atoms with E-state index in [1.54, 1.807) is 56.7 Å². The molecule has 0 saturated carbocycles. The molecule has 2 spiro atoms. The number of hydrogen-bond donors (Lipinski definition) is 2. The highest BCUT2D eigenvalue weighted by Gasteiger charge is 2.58. The second kappa shape index (κ2) is 17.1. The third-order valence-electron chi connectivity index (χ3n) is 12.6. The largest absolute Gasteiger partial charge is 0.497 e. The summed E-state index contributed by atoms with van der Waals surface area (Å²) in [5, 5.41) is 8.17. The fraction of sp³-hybridized carbons (Fsp3) is 0.154. The number of hydrogen-bond acceptors (Lipinski definition) is 6. The average Bonchev–Trinajstić information content (AvgIpc) is 3.72. The lowest BCUT2D eigenvalue weighted by Crippen LogP contribution is -2.45. The van der Waals surface area contributed by atoms with Gasteiger partial charge >= 0.3 is 0 Å². The van der Waals surface area contributed by atoms with Crippen LogP contribution in [0.5, 0.6) is 11.5 Å². The van der Waals surface area contributed by atoms with Gasteiger partial charge in [0.05, 0.1) is 14.2 Å². The van der Waals surface area contributed by atoms with Crippen LogP contribution >= 0.6 is 46.4 Å². The minimum Gasteiger partial charge on any atom is -0.497 e. The monoisotopic (exact) mass is 926 g/mol. The molecule has 2 N–H and O–H groups in total. The van der Waals surface area contributed by atoms with Gasteiger partial charge in [0.15, 0.2) is 11.6 Å². The quantitative estimate of drug-likeness (QED) is 0.172. The van der Waals surface area contributed by atoms with Crippen molar-refractivity contribution in [1.29, 1.82) is 0 Å². The molecular weight excluding hydrogens is 890 g/mol. The van der Waals surface area contributed by atoms with E-state index in [4.69, 9.17) is 55.9 Å². The Labute approximate surface area is 389 Å². The Balaban J connectivity index is 0.000000162. The van der Waals surface area contributed by atoms with Crippen LogP contribution in [-0.4, -0.2) is 37.6 Å². The standard InChI is InChI=1S/2C26H19Cl2NO3/c1-32-19-7-3-4-15(11-19)20-14-26(21-9-8-18(28)12-23(21)29-25(26)31)22(13-24(20)30)16-5-2-6-17(27)10-16;1-32-20-7-3-5-16(11-20)23-14-19(30)13-22(15-4-2-6-17(27)10-15)26(23)21-9-8-18(28)12-24(21)29-25(26)31/h2*2-12,14,22H,13H2,1H3,(H,29,31)/t2*22-,26-/m00/s1. The third kappa shape index (κ3) is 7.38. The van der Waals surface area contributed by atoms with Gasteiger partial charge in [-0.3, -0.25) is 19.2 Å². The Kier molecular flexibility index (Phi) is 11.5. The van der Waals surface area contributed by atoms with Crippen LogP contribution < -0.4 is 20.1 Å². The molecule has 0 unspecified atom stereocenters. The summed E-state index contributed by atoms with van der Waals surface area (Å²) in [5.74, 6) is -0.0321. The van der Waals surface area contributed by atoms with Crippen LogP contribution in [0.4, 0.5) is 11.4 Å². The number of ketones is 2. The lowest BCUT2D eigenvalue weighted by molar-refractivity contribution is -0.122. The molecule has 6 aromatic rings. The number of ether oxygens (including phenoxy) is 2. The SMILES string of the molecule is COc1cccc(C2=CC(=O)C[C@@H](c3cccc(Cl)c3)[C@]23C(=O)Nc2cc(Cl)ccc23)c1.COc1cccc(C2=C[C@@]3(C(=O)Nc4cc(Cl)ccc43)[C@H](c3cccc(Cl)c3)CC2=O)c1. The van der Waals surface area contributed by atoms with Gasteiger partial charge in [-0.05, 0) is 118 Å². The fourth-order valence-electron chi connectivity index (χ4n) is 9.81. The zero-order valence-corrected chi connectivity index (χ0v) is 37.4. The first kappa shape index (κ1) is 43.1. The summed E-state index contributed by atoms with van der Waals surface area (Å²) in [5.41, 5.74) is 4.97. The van der Waals surface area contributed by atoms with Crippen molar-refractivity contribution in [3.8, 4) is 11.5 Å². The summed E-state index contributed by atoms with van der Waals surface area (Å²) in [7, 11) is 3.17. The predicted molar refractivity (Wildman–Crippen MR) is 253 cm³/mol. The van der Waals surface area contributed by atoms with Crippen LogP contribution in [0.2, 0.25) is 20.1 Å². The lowest BCUT2D eigenvalue weighted by Gasteiger charge is -2.41. The van der Waals surface area contributed by atoms with Crippen LogP contribution in [0.25, 0.3) is 11.1 Å². The maximum Gasteiger partial charge on any atom is 0.240 e. The molecule has 0 fully saturated rings. The zero-order chi connectivity index (χ0) is 44.9. The molecule has 2 heterocycles. The average molecular weight is 929 g/mol. The number of allylic oxidation sites excluding steroid dienone is 2. The number of anilines is 2. The molecule has 2 amide bonds. The Morgan fingerprint density at radius 3 is 1.70 bits per heavy atom. The van der Waals surface area contributed by atoms with E-state index < -0.39 is 22.7 Å². The van der Waals surface area contributed by atoms with Crippen molar-refractivity contribution in [3.05, 3.63) is 199 Å². The van der Waals surface area contributed by atoms with E-state index >= 15 is 0 Å².